The Labute approximate surface area is 145 Å². The number of aromatic nitrogens is 1. The quantitative estimate of drug-likeness (QED) is 0.844. The summed E-state index contributed by atoms with van der Waals surface area (Å²) >= 11 is 0. The van der Waals surface area contributed by atoms with Crippen LogP contribution in [0.2, 0.25) is 0 Å². The Kier molecular flexibility index (Phi) is 5.79. The normalized spacial score (nSPS) is 16.4. The Bertz CT molecular complexity index is 720. The molecule has 3 rings (SSSR count). The van der Waals surface area contributed by atoms with E-state index in [4.69, 9.17) is 9.47 Å². The average molecular weight is 345 g/mol. The smallest absolute Gasteiger partial charge is 0.315 e. The van der Waals surface area contributed by atoms with Crippen molar-refractivity contribution < 1.29 is 18.7 Å². The maximum atomic E-state index is 13.3. The van der Waals surface area contributed by atoms with Crippen LogP contribution in [0.15, 0.2) is 42.6 Å². The fourth-order valence-corrected chi connectivity index (χ4v) is 2.51. The predicted octanol–water partition coefficient (Wildman–Crippen LogP) is 2.85. The van der Waals surface area contributed by atoms with Gasteiger partial charge in [0.2, 0.25) is 5.88 Å². The van der Waals surface area contributed by atoms with Gasteiger partial charge in [-0.1, -0.05) is 12.1 Å². The zero-order valence-corrected chi connectivity index (χ0v) is 13.7. The number of rotatable bonds is 6. The van der Waals surface area contributed by atoms with Gasteiger partial charge in [-0.15, -0.1) is 0 Å². The van der Waals surface area contributed by atoms with E-state index in [0.29, 0.717) is 36.3 Å². The molecule has 6 nitrogen and oxygen atoms in total. The number of nitrogens with one attached hydrogen (secondary N) is 2. The molecule has 0 saturated carbocycles. The molecule has 1 saturated heterocycles. The van der Waals surface area contributed by atoms with E-state index in [1.54, 1.807) is 30.5 Å². The molecular weight excluding hydrogens is 325 g/mol. The lowest BCUT2D eigenvalue weighted by Crippen LogP contribution is -2.38. The highest BCUT2D eigenvalue weighted by Crippen LogP contribution is 2.23. The second-order valence-corrected chi connectivity index (χ2v) is 5.82. The van der Waals surface area contributed by atoms with Gasteiger partial charge in [0.1, 0.15) is 11.6 Å². The number of amides is 2. The molecule has 2 aromatic rings. The van der Waals surface area contributed by atoms with E-state index >= 15 is 0 Å². The molecule has 1 atom stereocenters. The summed E-state index contributed by atoms with van der Waals surface area (Å²) in [6, 6.07) is 9.12. The number of halogens is 1. The topological polar surface area (TPSA) is 72.5 Å². The number of hydrogen-bond donors (Lipinski definition) is 2. The summed E-state index contributed by atoms with van der Waals surface area (Å²) in [5.74, 6) is 0.669. The Morgan fingerprint density at radius 1 is 1.32 bits per heavy atom. The molecule has 1 aromatic heterocycles. The molecule has 1 aliphatic heterocycles. The molecule has 2 heterocycles. The van der Waals surface area contributed by atoms with Crippen LogP contribution >= 0.6 is 0 Å². The van der Waals surface area contributed by atoms with Crippen LogP contribution in [0, 0.1) is 11.7 Å². The highest BCUT2D eigenvalue weighted by atomic mass is 19.1. The zero-order valence-electron chi connectivity index (χ0n) is 13.7. The molecule has 1 aromatic carbocycles. The molecular formula is C18H20FN3O3. The van der Waals surface area contributed by atoms with Gasteiger partial charge in [-0.2, -0.15) is 0 Å². The molecule has 1 fully saturated rings. The first-order chi connectivity index (χ1) is 12.2. The van der Waals surface area contributed by atoms with Crippen LogP contribution < -0.4 is 15.4 Å². The molecule has 0 bridgehead atoms. The summed E-state index contributed by atoms with van der Waals surface area (Å²) in [6.07, 6.45) is 2.55. The average Bonchev–Trinajstić information content (AvgIpc) is 3.13. The fraction of sp³-hybridized carbons (Fsp3) is 0.333. The second-order valence-electron chi connectivity index (χ2n) is 5.82. The number of pyridine rings is 1. The standard InChI is InChI=1S/C18H20FN3O3/c19-15-4-1-5-16(9-15)25-17-14(3-2-7-20-17)11-22-18(23)21-10-13-6-8-24-12-13/h1-5,7,9,13H,6,8,10-12H2,(H2,21,22,23). The third kappa shape index (κ3) is 5.15. The Morgan fingerprint density at radius 2 is 2.24 bits per heavy atom. The van der Waals surface area contributed by atoms with E-state index in [-0.39, 0.29) is 18.4 Å². The maximum absolute atomic E-state index is 13.3. The summed E-state index contributed by atoms with van der Waals surface area (Å²) in [6.45, 7) is 2.29. The van der Waals surface area contributed by atoms with E-state index in [1.165, 1.54) is 12.1 Å². The van der Waals surface area contributed by atoms with Crippen LogP contribution in [-0.4, -0.2) is 30.8 Å². The first kappa shape index (κ1) is 17.2. The first-order valence-electron chi connectivity index (χ1n) is 8.17. The molecule has 1 aliphatic rings. The van der Waals surface area contributed by atoms with Crippen molar-refractivity contribution in [3.63, 3.8) is 0 Å². The molecule has 7 heteroatoms. The van der Waals surface area contributed by atoms with Crippen LogP contribution in [-0.2, 0) is 11.3 Å². The second kappa shape index (κ2) is 8.43. The number of urea groups is 1. The van der Waals surface area contributed by atoms with Crippen molar-refractivity contribution in [1.82, 2.24) is 15.6 Å². The monoisotopic (exact) mass is 345 g/mol. The Hall–Kier alpha value is -2.67. The SMILES string of the molecule is O=C(NCc1cccnc1Oc1cccc(F)c1)NCC1CCOC1. The lowest BCUT2D eigenvalue weighted by molar-refractivity contribution is 0.185. The number of benzene rings is 1. The minimum absolute atomic E-state index is 0.255. The van der Waals surface area contributed by atoms with Gasteiger partial charge in [0.25, 0.3) is 0 Å². The number of carbonyl (C=O) groups excluding carboxylic acids is 1. The van der Waals surface area contributed by atoms with Crippen LogP contribution in [0.1, 0.15) is 12.0 Å². The zero-order chi connectivity index (χ0) is 17.5. The minimum Gasteiger partial charge on any atom is -0.439 e. The first-order valence-corrected chi connectivity index (χ1v) is 8.17. The Morgan fingerprint density at radius 3 is 3.04 bits per heavy atom. The van der Waals surface area contributed by atoms with Crippen molar-refractivity contribution in [3.05, 3.63) is 54.0 Å². The highest BCUT2D eigenvalue weighted by Gasteiger charge is 2.16. The van der Waals surface area contributed by atoms with Crippen molar-refractivity contribution >= 4 is 6.03 Å². The van der Waals surface area contributed by atoms with Crippen molar-refractivity contribution in [1.29, 1.82) is 0 Å². The van der Waals surface area contributed by atoms with Crippen LogP contribution in [0.5, 0.6) is 11.6 Å². The molecule has 0 radical (unpaired) electrons. The fourth-order valence-electron chi connectivity index (χ4n) is 2.51. The maximum Gasteiger partial charge on any atom is 0.315 e. The van der Waals surface area contributed by atoms with E-state index in [9.17, 15) is 9.18 Å². The van der Waals surface area contributed by atoms with Gasteiger partial charge in [-0.25, -0.2) is 14.2 Å². The van der Waals surface area contributed by atoms with E-state index in [1.807, 2.05) is 0 Å². The summed E-state index contributed by atoms with van der Waals surface area (Å²) in [7, 11) is 0. The molecule has 0 spiro atoms. The molecule has 2 N–H and O–H groups in total. The molecule has 1 unspecified atom stereocenters. The van der Waals surface area contributed by atoms with Gasteiger partial charge in [0.15, 0.2) is 0 Å². The van der Waals surface area contributed by atoms with Crippen molar-refractivity contribution in [3.8, 4) is 11.6 Å². The van der Waals surface area contributed by atoms with Gasteiger partial charge in [-0.3, -0.25) is 0 Å². The summed E-state index contributed by atoms with van der Waals surface area (Å²) < 4.78 is 24.2. The summed E-state index contributed by atoms with van der Waals surface area (Å²) in [4.78, 5) is 16.1. The van der Waals surface area contributed by atoms with Gasteiger partial charge < -0.3 is 20.1 Å². The highest BCUT2D eigenvalue weighted by molar-refractivity contribution is 5.73. The third-order valence-electron chi connectivity index (χ3n) is 3.88. The molecule has 132 valence electrons. The largest absolute Gasteiger partial charge is 0.439 e. The van der Waals surface area contributed by atoms with E-state index < -0.39 is 0 Å². The summed E-state index contributed by atoms with van der Waals surface area (Å²) in [5, 5.41) is 5.61. The van der Waals surface area contributed by atoms with E-state index in [0.717, 1.165) is 13.0 Å². The van der Waals surface area contributed by atoms with Crippen LogP contribution in [0.4, 0.5) is 9.18 Å². The lowest BCUT2D eigenvalue weighted by atomic mass is 10.1. The molecule has 2 amide bonds. The van der Waals surface area contributed by atoms with Crippen LogP contribution in [0.25, 0.3) is 0 Å². The predicted molar refractivity (Wildman–Crippen MR) is 89.9 cm³/mol. The van der Waals surface area contributed by atoms with Crippen molar-refractivity contribution in [2.24, 2.45) is 5.92 Å². The van der Waals surface area contributed by atoms with Gasteiger partial charge in [0, 0.05) is 43.4 Å². The Balaban J connectivity index is 1.54. The third-order valence-corrected chi connectivity index (χ3v) is 3.88. The molecule has 25 heavy (non-hydrogen) atoms. The lowest BCUT2D eigenvalue weighted by Gasteiger charge is -2.13. The van der Waals surface area contributed by atoms with Gasteiger partial charge in [-0.05, 0) is 24.6 Å². The molecule has 0 aliphatic carbocycles. The van der Waals surface area contributed by atoms with E-state index in [2.05, 4.69) is 15.6 Å². The van der Waals surface area contributed by atoms with Gasteiger partial charge >= 0.3 is 6.03 Å². The minimum atomic E-state index is -0.386. The number of carbonyl (C=O) groups is 1. The van der Waals surface area contributed by atoms with Crippen LogP contribution in [0.3, 0.4) is 0 Å². The van der Waals surface area contributed by atoms with Gasteiger partial charge in [0.05, 0.1) is 6.61 Å². The summed E-state index contributed by atoms with van der Waals surface area (Å²) in [5.41, 5.74) is 0.700. The number of hydrogen-bond acceptors (Lipinski definition) is 4. The number of nitrogens with zero attached hydrogens (tertiary/aromatic N) is 1. The van der Waals surface area contributed by atoms with Crippen molar-refractivity contribution in [2.75, 3.05) is 19.8 Å². The number of ether oxygens (including phenoxy) is 2. The van der Waals surface area contributed by atoms with Crippen molar-refractivity contribution in [2.45, 2.75) is 13.0 Å².